The van der Waals surface area contributed by atoms with E-state index >= 15 is 0 Å². The number of fused-ring (bicyclic) bond motifs is 1. The molecule has 10 nitrogen and oxygen atoms in total. The highest BCUT2D eigenvalue weighted by Crippen LogP contribution is 2.55. The second-order valence-corrected chi connectivity index (χ2v) is 11.5. The maximum Gasteiger partial charge on any atom is 0.340 e. The van der Waals surface area contributed by atoms with Gasteiger partial charge < -0.3 is 19.2 Å². The van der Waals surface area contributed by atoms with Gasteiger partial charge in [-0.1, -0.05) is 0 Å². The van der Waals surface area contributed by atoms with Crippen LogP contribution >= 0.6 is 7.44 Å². The molecule has 1 aromatic carbocycles. The third-order valence-electron chi connectivity index (χ3n) is 5.87. The van der Waals surface area contributed by atoms with E-state index in [2.05, 4.69) is 10.1 Å². The van der Waals surface area contributed by atoms with Gasteiger partial charge in [-0.25, -0.2) is 18.9 Å². The molecule has 0 bridgehead atoms. The van der Waals surface area contributed by atoms with Crippen LogP contribution in [0.3, 0.4) is 0 Å². The Hall–Kier alpha value is -3.27. The number of nitrogens with one attached hydrogen (secondary N) is 2. The molecule has 0 aliphatic carbocycles. The van der Waals surface area contributed by atoms with E-state index in [1.165, 1.54) is 32.2 Å². The average Bonchev–Trinajstić information content (AvgIpc) is 3.25. The summed E-state index contributed by atoms with van der Waals surface area (Å²) < 4.78 is 45.1. The highest BCUT2D eigenvalue weighted by Gasteiger charge is 2.45. The zero-order valence-corrected chi connectivity index (χ0v) is 23.4. The molecule has 2 heterocycles. The first-order chi connectivity index (χ1) is 17.8. The molecule has 206 valence electrons. The molecule has 12 heteroatoms. The van der Waals surface area contributed by atoms with Gasteiger partial charge in [0.2, 0.25) is 0 Å². The van der Waals surface area contributed by atoms with E-state index in [0.717, 1.165) is 10.7 Å². The summed E-state index contributed by atoms with van der Waals surface area (Å²) in [6.07, 6.45) is 0.668. The molecular weight excluding hydrogens is 516 g/mol. The quantitative estimate of drug-likeness (QED) is 0.251. The molecule has 2 N–H and O–H groups in total. The van der Waals surface area contributed by atoms with E-state index in [4.69, 9.17) is 14.2 Å². The number of esters is 2. The Morgan fingerprint density at radius 1 is 1.24 bits per heavy atom. The van der Waals surface area contributed by atoms with Crippen molar-refractivity contribution in [3.63, 3.8) is 0 Å². The Balaban J connectivity index is 2.11. The van der Waals surface area contributed by atoms with Crippen molar-refractivity contribution in [2.75, 3.05) is 24.7 Å². The molecule has 0 saturated heterocycles. The van der Waals surface area contributed by atoms with Crippen LogP contribution < -0.4 is 9.76 Å². The van der Waals surface area contributed by atoms with Gasteiger partial charge in [-0.15, -0.1) is 0 Å². The topological polar surface area (TPSA) is 127 Å². The second kappa shape index (κ2) is 11.6. The third-order valence-corrected chi connectivity index (χ3v) is 8.31. The SMILES string of the molecule is CCOC(=O)c1c(C)[nH]c(/C=C2\C(=O)N(P(=O)(COC)N[C@@H](C)C(=O)OC(C)C)c3ccc(F)cc32)c1C. The fourth-order valence-corrected chi connectivity index (χ4v) is 6.59. The summed E-state index contributed by atoms with van der Waals surface area (Å²) in [4.78, 5) is 41.8. The van der Waals surface area contributed by atoms with Gasteiger partial charge in [0.25, 0.3) is 13.4 Å². The lowest BCUT2D eigenvalue weighted by molar-refractivity contribution is -0.149. The highest BCUT2D eigenvalue weighted by molar-refractivity contribution is 7.64. The van der Waals surface area contributed by atoms with Crippen LogP contribution in [0.5, 0.6) is 0 Å². The van der Waals surface area contributed by atoms with E-state index in [1.54, 1.807) is 34.6 Å². The summed E-state index contributed by atoms with van der Waals surface area (Å²) in [5.74, 6) is -2.45. The normalized spacial score (nSPS) is 16.5. The number of methoxy groups -OCH3 is 1. The Morgan fingerprint density at radius 2 is 1.92 bits per heavy atom. The van der Waals surface area contributed by atoms with E-state index < -0.39 is 49.6 Å². The van der Waals surface area contributed by atoms with Crippen molar-refractivity contribution in [2.45, 2.75) is 53.7 Å². The minimum absolute atomic E-state index is 0.0507. The van der Waals surface area contributed by atoms with Crippen molar-refractivity contribution < 1.29 is 37.5 Å². The molecule has 0 fully saturated rings. The van der Waals surface area contributed by atoms with Crippen LogP contribution in [0, 0.1) is 19.7 Å². The zero-order chi connectivity index (χ0) is 28.4. The fraction of sp³-hybridized carbons (Fsp3) is 0.423. The Kier molecular flexibility index (Phi) is 8.97. The van der Waals surface area contributed by atoms with Crippen LogP contribution in [-0.4, -0.2) is 55.0 Å². The first-order valence-electron chi connectivity index (χ1n) is 12.1. The summed E-state index contributed by atoms with van der Waals surface area (Å²) in [6.45, 7) is 10.1. The largest absolute Gasteiger partial charge is 0.462 e. The van der Waals surface area contributed by atoms with Crippen molar-refractivity contribution in [2.24, 2.45) is 0 Å². The number of carbonyl (C=O) groups excluding carboxylic acids is 3. The van der Waals surface area contributed by atoms with Crippen molar-refractivity contribution >= 4 is 42.6 Å². The van der Waals surface area contributed by atoms with Gasteiger partial charge >= 0.3 is 11.9 Å². The molecular formula is C26H33FN3O7P. The number of anilines is 1. The lowest BCUT2D eigenvalue weighted by atomic mass is 10.0. The predicted octanol–water partition coefficient (Wildman–Crippen LogP) is 4.56. The number of aromatic nitrogens is 1. The molecule has 38 heavy (non-hydrogen) atoms. The highest BCUT2D eigenvalue weighted by atomic mass is 31.2. The molecule has 1 unspecified atom stereocenters. The van der Waals surface area contributed by atoms with Gasteiger partial charge in [0.1, 0.15) is 18.2 Å². The third kappa shape index (κ3) is 5.75. The predicted molar refractivity (Wildman–Crippen MR) is 141 cm³/mol. The summed E-state index contributed by atoms with van der Waals surface area (Å²) >= 11 is 0. The summed E-state index contributed by atoms with van der Waals surface area (Å²) in [7, 11) is -2.63. The molecule has 1 aliphatic rings. The number of aromatic amines is 1. The number of ether oxygens (including phenoxy) is 3. The number of carbonyl (C=O) groups is 3. The molecule has 0 saturated carbocycles. The van der Waals surface area contributed by atoms with Crippen LogP contribution in [-0.2, 0) is 28.4 Å². The van der Waals surface area contributed by atoms with Crippen molar-refractivity contribution in [3.05, 3.63) is 52.1 Å². The number of benzene rings is 1. The number of halogens is 1. The lowest BCUT2D eigenvalue weighted by Crippen LogP contribution is -2.41. The van der Waals surface area contributed by atoms with Crippen molar-refractivity contribution in [1.82, 2.24) is 10.1 Å². The summed E-state index contributed by atoms with van der Waals surface area (Å²) in [6, 6.07) is 2.63. The number of hydrogen-bond donors (Lipinski definition) is 2. The van der Waals surface area contributed by atoms with E-state index in [0.29, 0.717) is 22.5 Å². The van der Waals surface area contributed by atoms with Gasteiger partial charge in [0.05, 0.1) is 29.5 Å². The van der Waals surface area contributed by atoms with E-state index in [1.807, 2.05) is 0 Å². The Morgan fingerprint density at radius 3 is 2.53 bits per heavy atom. The van der Waals surface area contributed by atoms with Gasteiger partial charge in [0.15, 0.2) is 0 Å². The monoisotopic (exact) mass is 549 g/mol. The van der Waals surface area contributed by atoms with Crippen LogP contribution in [0.25, 0.3) is 11.6 Å². The first kappa shape index (κ1) is 29.3. The Bertz CT molecular complexity index is 1330. The Labute approximate surface area is 221 Å². The standard InChI is InChI=1S/C26H33FN3O7P/c1-8-36-26(33)23-15(4)21(28-16(23)5)12-20-19-11-18(27)9-10-22(19)30(24(20)31)38(34,13-35-7)29-17(6)25(32)37-14(2)3/h9-12,14,17,28H,8,13H2,1-7H3,(H,29,34)/b20-12-/t17-,38?/m0/s1. The lowest BCUT2D eigenvalue weighted by Gasteiger charge is -2.30. The molecule has 1 amide bonds. The average molecular weight is 550 g/mol. The smallest absolute Gasteiger partial charge is 0.340 e. The second-order valence-electron chi connectivity index (χ2n) is 9.18. The minimum atomic E-state index is -3.94. The van der Waals surface area contributed by atoms with Crippen LogP contribution in [0.4, 0.5) is 10.1 Å². The van der Waals surface area contributed by atoms with Crippen LogP contribution in [0.15, 0.2) is 18.2 Å². The molecule has 1 aliphatic heterocycles. The summed E-state index contributed by atoms with van der Waals surface area (Å²) in [5, 5.41) is 2.74. The minimum Gasteiger partial charge on any atom is -0.462 e. The maximum absolute atomic E-state index is 14.4. The number of aryl methyl sites for hydroxylation is 1. The molecule has 0 radical (unpaired) electrons. The molecule has 2 atom stereocenters. The van der Waals surface area contributed by atoms with E-state index in [-0.39, 0.29) is 23.4 Å². The number of hydrogen-bond acceptors (Lipinski definition) is 7. The van der Waals surface area contributed by atoms with Crippen molar-refractivity contribution in [1.29, 1.82) is 0 Å². The van der Waals surface area contributed by atoms with Crippen LogP contribution in [0.1, 0.15) is 60.6 Å². The number of amides is 1. The molecule has 1 aromatic heterocycles. The summed E-state index contributed by atoms with van der Waals surface area (Å²) in [5.41, 5.74) is 2.30. The first-order valence-corrected chi connectivity index (χ1v) is 14.0. The van der Waals surface area contributed by atoms with Crippen LogP contribution in [0.2, 0.25) is 0 Å². The maximum atomic E-state index is 14.4. The van der Waals surface area contributed by atoms with E-state index in [9.17, 15) is 23.3 Å². The van der Waals surface area contributed by atoms with Gasteiger partial charge in [-0.2, -0.15) is 0 Å². The molecule has 3 rings (SSSR count). The zero-order valence-electron chi connectivity index (χ0n) is 22.5. The fourth-order valence-electron chi connectivity index (χ4n) is 4.30. The van der Waals surface area contributed by atoms with Gasteiger partial charge in [0, 0.05) is 24.1 Å². The number of H-pyrrole nitrogens is 1. The van der Waals surface area contributed by atoms with Crippen molar-refractivity contribution in [3.8, 4) is 0 Å². The van der Waals surface area contributed by atoms with Gasteiger partial charge in [-0.05, 0) is 71.4 Å². The number of nitrogens with zero attached hydrogens (tertiary/aromatic N) is 1. The number of rotatable bonds is 10. The van der Waals surface area contributed by atoms with Gasteiger partial charge in [-0.3, -0.25) is 14.2 Å². The molecule has 2 aromatic rings. The molecule has 0 spiro atoms.